The van der Waals surface area contributed by atoms with Gasteiger partial charge in [0.15, 0.2) is 0 Å². The highest BCUT2D eigenvalue weighted by atomic mass is 16.5. The lowest BCUT2D eigenvalue weighted by Gasteiger charge is -2.24. The highest BCUT2D eigenvalue weighted by molar-refractivity contribution is 5.64. The van der Waals surface area contributed by atoms with Crippen molar-refractivity contribution >= 4 is 5.76 Å². The molecule has 1 aliphatic rings. The van der Waals surface area contributed by atoms with Gasteiger partial charge in [-0.1, -0.05) is 24.3 Å². The van der Waals surface area contributed by atoms with Crippen LogP contribution in [0.25, 0.3) is 5.76 Å². The first-order valence-electron chi connectivity index (χ1n) is 4.35. The molecule has 1 aromatic carbocycles. The molecular weight excluding hydrogens is 162 g/mol. The van der Waals surface area contributed by atoms with E-state index >= 15 is 0 Å². The summed E-state index contributed by atoms with van der Waals surface area (Å²) >= 11 is 0. The van der Waals surface area contributed by atoms with Crippen LogP contribution < -0.4 is 0 Å². The van der Waals surface area contributed by atoms with Gasteiger partial charge in [-0.3, -0.25) is 0 Å². The zero-order valence-corrected chi connectivity index (χ0v) is 7.95. The molecule has 0 aliphatic carbocycles. The first-order valence-corrected chi connectivity index (χ1v) is 4.35. The molecule has 13 heavy (non-hydrogen) atoms. The molecule has 0 radical (unpaired) electrons. The normalized spacial score (nSPS) is 14.9. The fourth-order valence-electron chi connectivity index (χ4n) is 1.65. The van der Waals surface area contributed by atoms with Crippen molar-refractivity contribution in [2.45, 2.75) is 6.54 Å². The number of nitrogens with zero attached hydrogens (tertiary/aromatic N) is 1. The molecule has 0 aromatic heterocycles. The van der Waals surface area contributed by atoms with Crippen LogP contribution in [0.4, 0.5) is 0 Å². The molecule has 2 nitrogen and oxygen atoms in total. The van der Waals surface area contributed by atoms with Crippen LogP contribution in [0.1, 0.15) is 11.1 Å². The predicted molar refractivity (Wildman–Crippen MR) is 52.9 cm³/mol. The average molecular weight is 175 g/mol. The SMILES string of the molecule is COC1=CN(C)Cc2ccccc21. The monoisotopic (exact) mass is 175 g/mol. The number of benzene rings is 1. The second kappa shape index (κ2) is 3.13. The van der Waals surface area contributed by atoms with Gasteiger partial charge in [-0.15, -0.1) is 0 Å². The third-order valence-electron chi connectivity index (χ3n) is 2.26. The minimum atomic E-state index is 0.948. The van der Waals surface area contributed by atoms with Gasteiger partial charge in [0, 0.05) is 25.4 Å². The van der Waals surface area contributed by atoms with E-state index in [1.807, 2.05) is 12.3 Å². The molecule has 0 N–H and O–H groups in total. The van der Waals surface area contributed by atoms with E-state index in [0.717, 1.165) is 12.3 Å². The van der Waals surface area contributed by atoms with Gasteiger partial charge >= 0.3 is 0 Å². The summed E-state index contributed by atoms with van der Waals surface area (Å²) in [5.41, 5.74) is 2.53. The van der Waals surface area contributed by atoms with Gasteiger partial charge < -0.3 is 9.64 Å². The van der Waals surface area contributed by atoms with E-state index < -0.39 is 0 Å². The van der Waals surface area contributed by atoms with Gasteiger partial charge in [0.25, 0.3) is 0 Å². The average Bonchev–Trinajstić information content (AvgIpc) is 2.16. The van der Waals surface area contributed by atoms with E-state index in [2.05, 4.69) is 30.1 Å². The predicted octanol–water partition coefficient (Wildman–Crippen LogP) is 2.08. The summed E-state index contributed by atoms with van der Waals surface area (Å²) in [6.45, 7) is 0.961. The quantitative estimate of drug-likeness (QED) is 0.648. The van der Waals surface area contributed by atoms with Crippen molar-refractivity contribution in [1.82, 2.24) is 4.90 Å². The highest BCUT2D eigenvalue weighted by Gasteiger charge is 2.14. The van der Waals surface area contributed by atoms with Crippen molar-refractivity contribution in [3.8, 4) is 0 Å². The van der Waals surface area contributed by atoms with E-state index in [1.165, 1.54) is 11.1 Å². The van der Waals surface area contributed by atoms with E-state index in [1.54, 1.807) is 7.11 Å². The number of hydrogen-bond donors (Lipinski definition) is 0. The zero-order valence-electron chi connectivity index (χ0n) is 7.95. The lowest BCUT2D eigenvalue weighted by Crippen LogP contribution is -2.17. The molecule has 0 amide bonds. The maximum Gasteiger partial charge on any atom is 0.142 e. The van der Waals surface area contributed by atoms with E-state index in [4.69, 9.17) is 4.74 Å². The van der Waals surface area contributed by atoms with Crippen molar-refractivity contribution in [3.63, 3.8) is 0 Å². The largest absolute Gasteiger partial charge is 0.495 e. The Morgan fingerprint density at radius 3 is 2.85 bits per heavy atom. The summed E-state index contributed by atoms with van der Waals surface area (Å²) in [7, 11) is 3.76. The van der Waals surface area contributed by atoms with E-state index in [-0.39, 0.29) is 0 Å². The van der Waals surface area contributed by atoms with Crippen molar-refractivity contribution in [2.75, 3.05) is 14.2 Å². The molecule has 2 heteroatoms. The molecule has 0 unspecified atom stereocenters. The number of ether oxygens (including phenoxy) is 1. The second-order valence-corrected chi connectivity index (χ2v) is 3.27. The van der Waals surface area contributed by atoms with Crippen LogP contribution in [0, 0.1) is 0 Å². The minimum absolute atomic E-state index is 0.948. The molecule has 1 aromatic rings. The topological polar surface area (TPSA) is 12.5 Å². The Morgan fingerprint density at radius 2 is 2.08 bits per heavy atom. The molecule has 0 atom stereocenters. The molecule has 2 rings (SSSR count). The fourth-order valence-corrected chi connectivity index (χ4v) is 1.65. The van der Waals surface area contributed by atoms with Gasteiger partial charge in [0.05, 0.1) is 7.11 Å². The Labute approximate surface area is 78.4 Å². The van der Waals surface area contributed by atoms with Crippen molar-refractivity contribution in [1.29, 1.82) is 0 Å². The van der Waals surface area contributed by atoms with E-state index in [0.29, 0.717) is 0 Å². The number of rotatable bonds is 1. The third-order valence-corrected chi connectivity index (χ3v) is 2.26. The van der Waals surface area contributed by atoms with Crippen LogP contribution >= 0.6 is 0 Å². The zero-order chi connectivity index (χ0) is 9.26. The summed E-state index contributed by atoms with van der Waals surface area (Å²) in [6.07, 6.45) is 2.03. The lowest BCUT2D eigenvalue weighted by molar-refractivity contribution is 0.342. The first-order chi connectivity index (χ1) is 6.31. The van der Waals surface area contributed by atoms with Crippen LogP contribution in [0.2, 0.25) is 0 Å². The lowest BCUT2D eigenvalue weighted by atomic mass is 10.0. The third kappa shape index (κ3) is 1.39. The van der Waals surface area contributed by atoms with Gasteiger partial charge in [0.2, 0.25) is 0 Å². The summed E-state index contributed by atoms with van der Waals surface area (Å²) in [4.78, 5) is 2.13. The van der Waals surface area contributed by atoms with Crippen molar-refractivity contribution in [2.24, 2.45) is 0 Å². The summed E-state index contributed by atoms with van der Waals surface area (Å²) in [5.74, 6) is 0.948. The van der Waals surface area contributed by atoms with Gasteiger partial charge in [-0.25, -0.2) is 0 Å². The molecule has 0 spiro atoms. The first kappa shape index (κ1) is 8.17. The second-order valence-electron chi connectivity index (χ2n) is 3.27. The molecule has 0 fully saturated rings. The van der Waals surface area contributed by atoms with Gasteiger partial charge in [0.1, 0.15) is 5.76 Å². The summed E-state index contributed by atoms with van der Waals surface area (Å²) in [5, 5.41) is 0. The highest BCUT2D eigenvalue weighted by Crippen LogP contribution is 2.25. The molecular formula is C11H13NO. The van der Waals surface area contributed by atoms with Crippen LogP contribution in [0.3, 0.4) is 0 Å². The number of hydrogen-bond acceptors (Lipinski definition) is 2. The molecule has 0 saturated carbocycles. The maximum absolute atomic E-state index is 5.31. The van der Waals surface area contributed by atoms with Gasteiger partial charge in [-0.2, -0.15) is 0 Å². The van der Waals surface area contributed by atoms with E-state index in [9.17, 15) is 0 Å². The van der Waals surface area contributed by atoms with Crippen LogP contribution in [-0.4, -0.2) is 19.1 Å². The van der Waals surface area contributed by atoms with Crippen molar-refractivity contribution < 1.29 is 4.74 Å². The standard InChI is InChI=1S/C11H13NO/c1-12-7-9-5-3-4-6-10(9)11(8-12)13-2/h3-6,8H,7H2,1-2H3. The Kier molecular flexibility index (Phi) is 1.97. The van der Waals surface area contributed by atoms with Crippen LogP contribution in [-0.2, 0) is 11.3 Å². The van der Waals surface area contributed by atoms with Gasteiger partial charge in [-0.05, 0) is 5.56 Å². The maximum atomic E-state index is 5.31. The Balaban J connectivity index is 2.49. The smallest absolute Gasteiger partial charge is 0.142 e. The van der Waals surface area contributed by atoms with Crippen LogP contribution in [0.15, 0.2) is 30.5 Å². The summed E-state index contributed by atoms with van der Waals surface area (Å²) in [6, 6.07) is 8.33. The molecule has 0 saturated heterocycles. The van der Waals surface area contributed by atoms with Crippen molar-refractivity contribution in [3.05, 3.63) is 41.6 Å². The Morgan fingerprint density at radius 1 is 1.31 bits per heavy atom. The molecule has 1 aliphatic heterocycles. The number of methoxy groups -OCH3 is 1. The Bertz CT molecular complexity index is 344. The minimum Gasteiger partial charge on any atom is -0.495 e. The molecule has 68 valence electrons. The Hall–Kier alpha value is -1.44. The fraction of sp³-hybridized carbons (Fsp3) is 0.273. The van der Waals surface area contributed by atoms with Crippen LogP contribution in [0.5, 0.6) is 0 Å². The summed E-state index contributed by atoms with van der Waals surface area (Å²) < 4.78 is 5.31. The molecule has 1 heterocycles. The molecule has 0 bridgehead atoms. The number of fused-ring (bicyclic) bond motifs is 1.